The molecule has 7 heteroatoms. The van der Waals surface area contributed by atoms with E-state index in [0.29, 0.717) is 29.2 Å². The summed E-state index contributed by atoms with van der Waals surface area (Å²) in [5.74, 6) is 0.132. The first kappa shape index (κ1) is 17.7. The number of thioether (sulfide) groups is 1. The highest BCUT2D eigenvalue weighted by Crippen LogP contribution is 2.57. The highest BCUT2D eigenvalue weighted by molar-refractivity contribution is 8.02. The van der Waals surface area contributed by atoms with Gasteiger partial charge in [-0.2, -0.15) is 0 Å². The van der Waals surface area contributed by atoms with Crippen LogP contribution in [0.3, 0.4) is 0 Å². The fourth-order valence-electron chi connectivity index (χ4n) is 5.21. The molecule has 6 bridgehead atoms. The predicted molar refractivity (Wildman–Crippen MR) is 108 cm³/mol. The zero-order chi connectivity index (χ0) is 19.3. The van der Waals surface area contributed by atoms with Gasteiger partial charge in [-0.25, -0.2) is 14.4 Å². The maximum Gasteiger partial charge on any atom is 0.227 e. The number of hydrogen-bond donors (Lipinski definition) is 2. The van der Waals surface area contributed by atoms with Gasteiger partial charge in [0, 0.05) is 16.9 Å². The van der Waals surface area contributed by atoms with Crippen molar-refractivity contribution in [2.24, 2.45) is 29.4 Å². The van der Waals surface area contributed by atoms with Gasteiger partial charge >= 0.3 is 0 Å². The third kappa shape index (κ3) is 3.07. The molecule has 2 saturated carbocycles. The van der Waals surface area contributed by atoms with Crippen molar-refractivity contribution in [2.75, 3.05) is 5.32 Å². The molecule has 0 saturated heterocycles. The number of rotatable bonds is 1. The molecule has 144 valence electrons. The zero-order valence-corrected chi connectivity index (χ0v) is 16.0. The summed E-state index contributed by atoms with van der Waals surface area (Å²) in [6, 6.07) is 7.95. The Balaban J connectivity index is 1.57. The lowest BCUT2D eigenvalue weighted by molar-refractivity contribution is -0.125. The number of carbonyl (C=O) groups excluding carboxylic acids is 1. The van der Waals surface area contributed by atoms with E-state index in [1.165, 1.54) is 6.20 Å². The summed E-state index contributed by atoms with van der Waals surface area (Å²) in [5.41, 5.74) is 8.02. The summed E-state index contributed by atoms with van der Waals surface area (Å²) in [4.78, 5) is 20.7. The van der Waals surface area contributed by atoms with Gasteiger partial charge in [-0.05, 0) is 66.2 Å². The van der Waals surface area contributed by atoms with Gasteiger partial charge in [0.1, 0.15) is 0 Å². The maximum absolute atomic E-state index is 14.5. The van der Waals surface area contributed by atoms with Crippen LogP contribution in [0.4, 0.5) is 16.0 Å². The summed E-state index contributed by atoms with van der Waals surface area (Å²) in [6.07, 6.45) is 5.70. The second kappa shape index (κ2) is 6.88. The fourth-order valence-corrected chi connectivity index (χ4v) is 6.52. The number of aromatic nitrogens is 2. The number of benzene rings is 1. The van der Waals surface area contributed by atoms with E-state index in [4.69, 9.17) is 5.73 Å². The van der Waals surface area contributed by atoms with E-state index in [-0.39, 0.29) is 23.7 Å². The quantitative estimate of drug-likeness (QED) is 0.767. The summed E-state index contributed by atoms with van der Waals surface area (Å²) < 4.78 is 14.5. The van der Waals surface area contributed by atoms with Gasteiger partial charge in [0.25, 0.3) is 0 Å². The van der Waals surface area contributed by atoms with E-state index < -0.39 is 5.82 Å². The normalized spacial score (nSPS) is 31.7. The molecule has 2 aromatic rings. The SMILES string of the molecule is NC(=O)[C@H]1[C@H]2C[C@H]3[C@H]1Cc1nc(ncc1F)Nc1cccc(c1)/C=C\S[C@@H]3C2. The van der Waals surface area contributed by atoms with Crippen LogP contribution in [0, 0.1) is 29.5 Å². The first-order valence-corrected chi connectivity index (χ1v) is 10.5. The molecule has 1 aromatic carbocycles. The first-order valence-electron chi connectivity index (χ1n) is 9.58. The number of nitrogens with two attached hydrogens (primary N) is 1. The number of halogens is 1. The van der Waals surface area contributed by atoms with Gasteiger partial charge in [-0.1, -0.05) is 12.1 Å². The van der Waals surface area contributed by atoms with Gasteiger partial charge in [0.2, 0.25) is 11.9 Å². The topological polar surface area (TPSA) is 80.9 Å². The summed E-state index contributed by atoms with van der Waals surface area (Å²) in [7, 11) is 0. The average Bonchev–Trinajstić information content (AvgIpc) is 3.22. The number of nitrogens with zero attached hydrogens (tertiary/aromatic N) is 2. The van der Waals surface area contributed by atoms with E-state index in [1.807, 2.05) is 36.0 Å². The lowest BCUT2D eigenvalue weighted by Gasteiger charge is -2.33. The third-order valence-corrected chi connectivity index (χ3v) is 7.52. The van der Waals surface area contributed by atoms with Crippen LogP contribution in [0.25, 0.3) is 6.08 Å². The highest BCUT2D eigenvalue weighted by atomic mass is 32.2. The maximum atomic E-state index is 14.5. The lowest BCUT2D eigenvalue weighted by atomic mass is 9.76. The van der Waals surface area contributed by atoms with Crippen molar-refractivity contribution in [2.45, 2.75) is 24.5 Å². The standard InChI is InChI=1S/C21H21FN4OS/c22-16-10-24-21-25-13-3-1-2-11(6-13)4-5-28-18-8-12-7-14(18)15(9-17(16)26-21)19(12)20(23)27/h1-6,10,12,14-15,18-19H,7-9H2,(H2,23,27)(H,24,25,26)/b5-4-/t12-,14-,15+,18+,19-/m0/s1. The summed E-state index contributed by atoms with van der Waals surface area (Å²) in [5, 5.41) is 5.72. The molecule has 2 heterocycles. The number of hydrogen-bond acceptors (Lipinski definition) is 5. The monoisotopic (exact) mass is 396 g/mol. The molecule has 5 atom stereocenters. The molecule has 5 rings (SSSR count). The summed E-state index contributed by atoms with van der Waals surface area (Å²) >= 11 is 1.82. The van der Waals surface area contributed by atoms with Gasteiger partial charge < -0.3 is 11.1 Å². The van der Waals surface area contributed by atoms with Gasteiger partial charge in [-0.3, -0.25) is 4.79 Å². The predicted octanol–water partition coefficient (Wildman–Crippen LogP) is 3.75. The van der Waals surface area contributed by atoms with E-state index in [2.05, 4.69) is 26.8 Å². The average molecular weight is 396 g/mol. The van der Waals surface area contributed by atoms with Crippen LogP contribution in [0.15, 0.2) is 35.9 Å². The van der Waals surface area contributed by atoms with Gasteiger partial charge in [0.15, 0.2) is 5.82 Å². The first-order chi connectivity index (χ1) is 13.6. The second-order valence-electron chi connectivity index (χ2n) is 7.91. The molecule has 3 N–H and O–H groups in total. The van der Waals surface area contributed by atoms with E-state index in [0.717, 1.165) is 24.1 Å². The minimum absolute atomic E-state index is 0.0279. The Hall–Kier alpha value is -2.41. The lowest BCUT2D eigenvalue weighted by Crippen LogP contribution is -2.39. The van der Waals surface area contributed by atoms with Crippen LogP contribution in [0.2, 0.25) is 0 Å². The molecule has 1 amide bonds. The second-order valence-corrected chi connectivity index (χ2v) is 9.06. The van der Waals surface area contributed by atoms with Crippen LogP contribution >= 0.6 is 11.8 Å². The Labute approximate surface area is 167 Å². The molecule has 2 aliphatic carbocycles. The van der Waals surface area contributed by atoms with E-state index in [1.54, 1.807) is 0 Å². The Kier molecular flexibility index (Phi) is 4.34. The highest BCUT2D eigenvalue weighted by Gasteiger charge is 2.54. The molecule has 1 aromatic heterocycles. The third-order valence-electron chi connectivity index (χ3n) is 6.34. The molecule has 1 aliphatic heterocycles. The number of fused-ring (bicyclic) bond motifs is 5. The molecular formula is C21H21FN4OS. The van der Waals surface area contributed by atoms with Crippen molar-refractivity contribution in [3.05, 3.63) is 52.9 Å². The molecule has 28 heavy (non-hydrogen) atoms. The van der Waals surface area contributed by atoms with Gasteiger partial charge in [-0.15, -0.1) is 11.8 Å². The number of anilines is 2. The van der Waals surface area contributed by atoms with Crippen molar-refractivity contribution >= 4 is 35.4 Å². The van der Waals surface area contributed by atoms with Crippen LogP contribution in [-0.4, -0.2) is 21.1 Å². The van der Waals surface area contributed by atoms with Crippen LogP contribution in [0.1, 0.15) is 24.1 Å². The van der Waals surface area contributed by atoms with Crippen molar-refractivity contribution in [1.82, 2.24) is 9.97 Å². The van der Waals surface area contributed by atoms with Crippen LogP contribution in [0.5, 0.6) is 0 Å². The molecule has 0 radical (unpaired) electrons. The Morgan fingerprint density at radius 2 is 2.18 bits per heavy atom. The van der Waals surface area contributed by atoms with Crippen molar-refractivity contribution in [3.63, 3.8) is 0 Å². The van der Waals surface area contributed by atoms with Crippen LogP contribution in [-0.2, 0) is 11.2 Å². The number of amides is 1. The zero-order valence-electron chi connectivity index (χ0n) is 15.2. The van der Waals surface area contributed by atoms with Crippen molar-refractivity contribution < 1.29 is 9.18 Å². The Bertz CT molecular complexity index is 965. The Morgan fingerprint density at radius 1 is 1.29 bits per heavy atom. The molecular weight excluding hydrogens is 375 g/mol. The number of primary amides is 1. The minimum Gasteiger partial charge on any atom is -0.369 e. The smallest absolute Gasteiger partial charge is 0.227 e. The van der Waals surface area contributed by atoms with E-state index >= 15 is 0 Å². The van der Waals surface area contributed by atoms with E-state index in [9.17, 15) is 9.18 Å². The molecule has 0 unspecified atom stereocenters. The number of nitrogens with one attached hydrogen (secondary N) is 1. The molecule has 5 nitrogen and oxygen atoms in total. The molecule has 2 fully saturated rings. The molecule has 0 spiro atoms. The van der Waals surface area contributed by atoms with Gasteiger partial charge in [0.05, 0.1) is 11.9 Å². The van der Waals surface area contributed by atoms with Crippen molar-refractivity contribution in [1.29, 1.82) is 0 Å². The minimum atomic E-state index is -0.429. The Morgan fingerprint density at radius 3 is 3.04 bits per heavy atom. The molecule has 3 aliphatic rings. The fraction of sp³-hybridized carbons (Fsp3) is 0.381. The summed E-state index contributed by atoms with van der Waals surface area (Å²) in [6.45, 7) is 0. The van der Waals surface area contributed by atoms with Crippen LogP contribution < -0.4 is 11.1 Å². The number of carbonyl (C=O) groups is 1. The largest absolute Gasteiger partial charge is 0.369 e. The van der Waals surface area contributed by atoms with Crippen molar-refractivity contribution in [3.8, 4) is 0 Å².